The highest BCUT2D eigenvalue weighted by atomic mass is 16.5. The summed E-state index contributed by atoms with van der Waals surface area (Å²) in [6.07, 6.45) is 5.00. The van der Waals surface area contributed by atoms with E-state index in [9.17, 15) is 9.59 Å². The van der Waals surface area contributed by atoms with E-state index in [1.807, 2.05) is 48.5 Å². The Balaban J connectivity index is 1.68. The highest BCUT2D eigenvalue weighted by molar-refractivity contribution is 5.91. The molecule has 1 aliphatic rings. The van der Waals surface area contributed by atoms with Crippen LogP contribution in [-0.2, 0) is 16.0 Å². The Bertz CT molecular complexity index is 1130. The van der Waals surface area contributed by atoms with E-state index in [4.69, 9.17) is 9.72 Å². The number of benzene rings is 2. The van der Waals surface area contributed by atoms with Crippen LogP contribution in [0.2, 0.25) is 0 Å². The first-order valence-corrected chi connectivity index (χ1v) is 11.5. The largest absolute Gasteiger partial charge is 0.469 e. The van der Waals surface area contributed by atoms with Crippen molar-refractivity contribution in [1.29, 1.82) is 0 Å². The van der Waals surface area contributed by atoms with Gasteiger partial charge in [0, 0.05) is 25.9 Å². The van der Waals surface area contributed by atoms with Crippen molar-refractivity contribution in [1.82, 2.24) is 9.55 Å². The van der Waals surface area contributed by atoms with Crippen LogP contribution in [0.4, 0.5) is 5.69 Å². The van der Waals surface area contributed by atoms with Gasteiger partial charge < -0.3 is 9.64 Å². The number of nitrogens with zero attached hydrogens (tertiary/aromatic N) is 3. The standard InChI is InChI=1S/C26H31N3O3/c1-3-8-23-27-21-11-7-12-22(25(21)26(31)29(23)20-9-5-4-6-10-20)28-17-15-19(16-18-28)13-14-24(30)32-2/h4-7,9-12,19H,3,8,13-18H2,1-2H3. The Morgan fingerprint density at radius 2 is 1.84 bits per heavy atom. The van der Waals surface area contributed by atoms with E-state index in [1.165, 1.54) is 7.11 Å². The summed E-state index contributed by atoms with van der Waals surface area (Å²) in [7, 11) is 1.44. The molecule has 32 heavy (non-hydrogen) atoms. The molecule has 0 saturated carbocycles. The first-order chi connectivity index (χ1) is 15.6. The molecule has 168 valence electrons. The van der Waals surface area contributed by atoms with Gasteiger partial charge in [-0.05, 0) is 55.9 Å². The van der Waals surface area contributed by atoms with Crippen molar-refractivity contribution in [3.8, 4) is 5.69 Å². The number of carbonyl (C=O) groups excluding carboxylic acids is 1. The molecule has 1 saturated heterocycles. The fraction of sp³-hybridized carbons (Fsp3) is 0.423. The van der Waals surface area contributed by atoms with E-state index in [1.54, 1.807) is 4.57 Å². The first kappa shape index (κ1) is 22.1. The average molecular weight is 434 g/mol. The number of hydrogen-bond donors (Lipinski definition) is 0. The van der Waals surface area contributed by atoms with Gasteiger partial charge in [-0.25, -0.2) is 4.98 Å². The number of piperidine rings is 1. The molecule has 2 aromatic carbocycles. The van der Waals surface area contributed by atoms with Crippen LogP contribution in [0, 0.1) is 5.92 Å². The predicted molar refractivity (Wildman–Crippen MR) is 128 cm³/mol. The topological polar surface area (TPSA) is 64.4 Å². The molecule has 0 aliphatic carbocycles. The number of anilines is 1. The molecule has 0 N–H and O–H groups in total. The van der Waals surface area contributed by atoms with E-state index in [-0.39, 0.29) is 11.5 Å². The van der Waals surface area contributed by atoms with Gasteiger partial charge >= 0.3 is 5.97 Å². The van der Waals surface area contributed by atoms with Gasteiger partial charge in [0.25, 0.3) is 5.56 Å². The molecule has 0 bridgehead atoms. The molecule has 4 rings (SSSR count). The minimum atomic E-state index is -0.142. The van der Waals surface area contributed by atoms with Crippen LogP contribution in [0.1, 0.15) is 44.9 Å². The van der Waals surface area contributed by atoms with Crippen molar-refractivity contribution >= 4 is 22.6 Å². The molecule has 0 amide bonds. The van der Waals surface area contributed by atoms with Crippen molar-refractivity contribution < 1.29 is 9.53 Å². The van der Waals surface area contributed by atoms with E-state index in [0.29, 0.717) is 17.7 Å². The zero-order chi connectivity index (χ0) is 22.5. The summed E-state index contributed by atoms with van der Waals surface area (Å²) in [6.45, 7) is 3.84. The van der Waals surface area contributed by atoms with Crippen molar-refractivity contribution in [3.05, 3.63) is 64.7 Å². The van der Waals surface area contributed by atoms with Gasteiger partial charge in [0.15, 0.2) is 0 Å². The maximum atomic E-state index is 13.8. The number of fused-ring (bicyclic) bond motifs is 1. The number of carbonyl (C=O) groups is 1. The lowest BCUT2D eigenvalue weighted by Crippen LogP contribution is -2.35. The van der Waals surface area contributed by atoms with Gasteiger partial charge in [-0.15, -0.1) is 0 Å². The van der Waals surface area contributed by atoms with E-state index < -0.39 is 0 Å². The van der Waals surface area contributed by atoms with Crippen LogP contribution >= 0.6 is 0 Å². The number of aryl methyl sites for hydroxylation is 1. The third kappa shape index (κ3) is 4.54. The lowest BCUT2D eigenvalue weighted by molar-refractivity contribution is -0.141. The second kappa shape index (κ2) is 9.98. The van der Waals surface area contributed by atoms with Crippen LogP contribution in [-0.4, -0.2) is 35.7 Å². The summed E-state index contributed by atoms with van der Waals surface area (Å²) >= 11 is 0. The minimum Gasteiger partial charge on any atom is -0.469 e. The predicted octanol–water partition coefficient (Wildman–Crippen LogP) is 4.51. The first-order valence-electron chi connectivity index (χ1n) is 11.5. The summed E-state index contributed by atoms with van der Waals surface area (Å²) < 4.78 is 6.55. The summed E-state index contributed by atoms with van der Waals surface area (Å²) in [6, 6.07) is 15.8. The monoisotopic (exact) mass is 433 g/mol. The zero-order valence-corrected chi connectivity index (χ0v) is 18.9. The molecule has 1 aliphatic heterocycles. The molecule has 6 nitrogen and oxygen atoms in total. The van der Waals surface area contributed by atoms with Crippen LogP contribution in [0.3, 0.4) is 0 Å². The molecule has 6 heteroatoms. The average Bonchev–Trinajstić information content (AvgIpc) is 2.83. The summed E-state index contributed by atoms with van der Waals surface area (Å²) in [5.74, 6) is 1.17. The number of para-hydroxylation sites is 1. The van der Waals surface area contributed by atoms with Crippen molar-refractivity contribution in [2.75, 3.05) is 25.1 Å². The van der Waals surface area contributed by atoms with Crippen LogP contribution in [0.5, 0.6) is 0 Å². The van der Waals surface area contributed by atoms with Gasteiger partial charge in [-0.1, -0.05) is 31.2 Å². The van der Waals surface area contributed by atoms with Crippen LogP contribution < -0.4 is 10.5 Å². The zero-order valence-electron chi connectivity index (χ0n) is 18.9. The number of rotatable bonds is 7. The van der Waals surface area contributed by atoms with E-state index >= 15 is 0 Å². The molecule has 0 radical (unpaired) electrons. The quantitative estimate of drug-likeness (QED) is 0.513. The molecule has 0 spiro atoms. The smallest absolute Gasteiger partial charge is 0.305 e. The fourth-order valence-electron chi connectivity index (χ4n) is 4.64. The number of aromatic nitrogens is 2. The fourth-order valence-corrected chi connectivity index (χ4v) is 4.64. The molecular formula is C26H31N3O3. The van der Waals surface area contributed by atoms with Crippen molar-refractivity contribution in [2.45, 2.75) is 45.4 Å². The molecule has 0 atom stereocenters. The third-order valence-electron chi connectivity index (χ3n) is 6.37. The Labute approximate surface area is 188 Å². The lowest BCUT2D eigenvalue weighted by atomic mass is 9.91. The second-order valence-corrected chi connectivity index (χ2v) is 8.47. The Morgan fingerprint density at radius 3 is 2.53 bits per heavy atom. The Morgan fingerprint density at radius 1 is 1.09 bits per heavy atom. The number of methoxy groups -OCH3 is 1. The van der Waals surface area contributed by atoms with Gasteiger partial charge in [0.05, 0.1) is 29.4 Å². The molecule has 1 fully saturated rings. The summed E-state index contributed by atoms with van der Waals surface area (Å²) in [4.78, 5) is 32.5. The highest BCUT2D eigenvalue weighted by Crippen LogP contribution is 2.30. The maximum absolute atomic E-state index is 13.8. The Kier molecular flexibility index (Phi) is 6.88. The number of ether oxygens (including phenoxy) is 1. The summed E-state index contributed by atoms with van der Waals surface area (Å²) in [5, 5.41) is 0.684. The molecule has 2 heterocycles. The number of hydrogen-bond acceptors (Lipinski definition) is 5. The highest BCUT2D eigenvalue weighted by Gasteiger charge is 2.23. The van der Waals surface area contributed by atoms with Gasteiger partial charge in [-0.3, -0.25) is 14.2 Å². The van der Waals surface area contributed by atoms with Crippen LogP contribution in [0.25, 0.3) is 16.6 Å². The SMILES string of the molecule is CCCc1nc2cccc(N3CCC(CCC(=O)OC)CC3)c2c(=O)n1-c1ccccc1. The Hall–Kier alpha value is -3.15. The minimum absolute atomic E-state index is 0.00642. The molecule has 3 aromatic rings. The molecule has 0 unspecified atom stereocenters. The molecule has 1 aromatic heterocycles. The maximum Gasteiger partial charge on any atom is 0.305 e. The van der Waals surface area contributed by atoms with Gasteiger partial charge in [0.2, 0.25) is 0 Å². The second-order valence-electron chi connectivity index (χ2n) is 8.47. The van der Waals surface area contributed by atoms with Gasteiger partial charge in [0.1, 0.15) is 5.82 Å². The van der Waals surface area contributed by atoms with Gasteiger partial charge in [-0.2, -0.15) is 0 Å². The lowest BCUT2D eigenvalue weighted by Gasteiger charge is -2.34. The van der Waals surface area contributed by atoms with E-state index in [2.05, 4.69) is 11.8 Å². The normalized spacial score (nSPS) is 14.6. The van der Waals surface area contributed by atoms with E-state index in [0.717, 1.165) is 67.9 Å². The summed E-state index contributed by atoms with van der Waals surface area (Å²) in [5.41, 5.74) is 2.56. The number of esters is 1. The van der Waals surface area contributed by atoms with Crippen molar-refractivity contribution in [3.63, 3.8) is 0 Å². The third-order valence-corrected chi connectivity index (χ3v) is 6.37. The van der Waals surface area contributed by atoms with Crippen molar-refractivity contribution in [2.24, 2.45) is 5.92 Å². The molecular weight excluding hydrogens is 402 g/mol. The van der Waals surface area contributed by atoms with Crippen LogP contribution in [0.15, 0.2) is 53.3 Å².